The van der Waals surface area contributed by atoms with Crippen molar-refractivity contribution in [2.24, 2.45) is 0 Å². The number of thioether (sulfide) groups is 1. The monoisotopic (exact) mass is 210 g/mol. The lowest BCUT2D eigenvalue weighted by Gasteiger charge is -2.07. The van der Waals surface area contributed by atoms with E-state index < -0.39 is 0 Å². The molecule has 0 aliphatic carbocycles. The molecule has 0 fully saturated rings. The number of Topliss-reactive ketones (excluding diaryl/α,β-unsaturated/α-hetero) is 1. The first-order chi connectivity index (χ1) is 6.79. The fourth-order valence-corrected chi connectivity index (χ4v) is 1.60. The van der Waals surface area contributed by atoms with Crippen LogP contribution in [0.5, 0.6) is 5.75 Å². The minimum absolute atomic E-state index is 0.126. The van der Waals surface area contributed by atoms with E-state index in [2.05, 4.69) is 0 Å². The third kappa shape index (κ3) is 2.77. The van der Waals surface area contributed by atoms with Crippen LogP contribution in [0.2, 0.25) is 0 Å². The number of hydrogen-bond acceptors (Lipinski definition) is 3. The summed E-state index contributed by atoms with van der Waals surface area (Å²) in [6.45, 7) is 2.50. The summed E-state index contributed by atoms with van der Waals surface area (Å²) in [5.41, 5.74) is 0.684. The highest BCUT2D eigenvalue weighted by Gasteiger charge is 2.10. The van der Waals surface area contributed by atoms with Gasteiger partial charge in [-0.25, -0.2) is 0 Å². The molecule has 3 heteroatoms. The summed E-state index contributed by atoms with van der Waals surface area (Å²) in [4.78, 5) is 11.6. The largest absolute Gasteiger partial charge is 0.493 e. The molecule has 0 saturated heterocycles. The van der Waals surface area contributed by atoms with Crippen LogP contribution in [0.25, 0.3) is 0 Å². The number of rotatable bonds is 5. The van der Waals surface area contributed by atoms with Crippen molar-refractivity contribution in [2.45, 2.75) is 6.92 Å². The fraction of sp³-hybridized carbons (Fsp3) is 0.364. The highest BCUT2D eigenvalue weighted by molar-refractivity contribution is 7.99. The van der Waals surface area contributed by atoms with E-state index in [0.717, 1.165) is 0 Å². The van der Waals surface area contributed by atoms with E-state index >= 15 is 0 Å². The number of carbonyl (C=O) groups is 1. The second kappa shape index (κ2) is 5.70. The Kier molecular flexibility index (Phi) is 4.53. The maximum Gasteiger partial charge on any atom is 0.176 e. The van der Waals surface area contributed by atoms with Crippen molar-refractivity contribution in [3.63, 3.8) is 0 Å². The van der Waals surface area contributed by atoms with Gasteiger partial charge in [-0.3, -0.25) is 4.79 Å². The van der Waals surface area contributed by atoms with Gasteiger partial charge in [0, 0.05) is 0 Å². The highest BCUT2D eigenvalue weighted by Crippen LogP contribution is 2.19. The van der Waals surface area contributed by atoms with Crippen LogP contribution in [-0.4, -0.2) is 24.4 Å². The van der Waals surface area contributed by atoms with Gasteiger partial charge in [0.2, 0.25) is 0 Å². The zero-order valence-corrected chi connectivity index (χ0v) is 9.26. The smallest absolute Gasteiger partial charge is 0.176 e. The lowest BCUT2D eigenvalue weighted by molar-refractivity contribution is 0.101. The Hall–Kier alpha value is -0.960. The van der Waals surface area contributed by atoms with Crippen LogP contribution in [0.1, 0.15) is 17.3 Å². The van der Waals surface area contributed by atoms with Crippen molar-refractivity contribution in [1.29, 1.82) is 0 Å². The number of benzene rings is 1. The summed E-state index contributed by atoms with van der Waals surface area (Å²) in [6, 6.07) is 7.37. The fourth-order valence-electron chi connectivity index (χ4n) is 1.19. The summed E-state index contributed by atoms with van der Waals surface area (Å²) in [5, 5.41) is 0. The molecule has 1 aromatic carbocycles. The van der Waals surface area contributed by atoms with Crippen molar-refractivity contribution >= 4 is 17.5 Å². The number of ketones is 1. The molecule has 1 aromatic rings. The number of ether oxygens (including phenoxy) is 1. The normalized spacial score (nSPS) is 9.86. The molecule has 0 N–H and O–H groups in total. The minimum Gasteiger partial charge on any atom is -0.493 e. The predicted molar refractivity (Wildman–Crippen MR) is 60.3 cm³/mol. The average Bonchev–Trinajstić information content (AvgIpc) is 2.19. The molecule has 0 atom stereocenters. The third-order valence-corrected chi connectivity index (χ3v) is 2.31. The van der Waals surface area contributed by atoms with Crippen LogP contribution in [0.3, 0.4) is 0 Å². The van der Waals surface area contributed by atoms with Gasteiger partial charge in [-0.2, -0.15) is 11.8 Å². The minimum atomic E-state index is 0.126. The Morgan fingerprint density at radius 2 is 2.14 bits per heavy atom. The molecule has 0 heterocycles. The molecule has 0 aromatic heterocycles. The van der Waals surface area contributed by atoms with Crippen LogP contribution < -0.4 is 4.74 Å². The SMILES string of the molecule is CCOc1ccccc1C(=O)CSC. The van der Waals surface area contributed by atoms with Crippen molar-refractivity contribution in [3.05, 3.63) is 29.8 Å². The topological polar surface area (TPSA) is 26.3 Å². The second-order valence-corrected chi connectivity index (χ2v) is 3.65. The second-order valence-electron chi connectivity index (χ2n) is 2.79. The maximum atomic E-state index is 11.6. The molecule has 14 heavy (non-hydrogen) atoms. The van der Waals surface area contributed by atoms with Gasteiger partial charge < -0.3 is 4.74 Å². The van der Waals surface area contributed by atoms with Crippen LogP contribution in [0, 0.1) is 0 Å². The Balaban J connectivity index is 2.88. The zero-order chi connectivity index (χ0) is 10.4. The van der Waals surface area contributed by atoms with Crippen LogP contribution >= 0.6 is 11.8 Å². The quantitative estimate of drug-likeness (QED) is 0.699. The van der Waals surface area contributed by atoms with Gasteiger partial charge in [0.05, 0.1) is 17.9 Å². The van der Waals surface area contributed by atoms with E-state index in [1.165, 1.54) is 11.8 Å². The summed E-state index contributed by atoms with van der Waals surface area (Å²) >= 11 is 1.53. The van der Waals surface area contributed by atoms with E-state index in [4.69, 9.17) is 4.74 Å². The average molecular weight is 210 g/mol. The molecule has 0 radical (unpaired) electrons. The van der Waals surface area contributed by atoms with E-state index in [1.54, 1.807) is 0 Å². The Morgan fingerprint density at radius 1 is 1.43 bits per heavy atom. The van der Waals surface area contributed by atoms with E-state index in [9.17, 15) is 4.79 Å². The number of para-hydroxylation sites is 1. The van der Waals surface area contributed by atoms with Gasteiger partial charge in [0.15, 0.2) is 5.78 Å². The molecule has 1 rings (SSSR count). The summed E-state index contributed by atoms with van der Waals surface area (Å²) in [6.07, 6.45) is 1.92. The third-order valence-electron chi connectivity index (χ3n) is 1.76. The molecule has 76 valence electrons. The summed E-state index contributed by atoms with van der Waals surface area (Å²) < 4.78 is 5.37. The molecule has 0 saturated carbocycles. The van der Waals surface area contributed by atoms with Gasteiger partial charge in [-0.1, -0.05) is 12.1 Å². The first-order valence-corrected chi connectivity index (χ1v) is 5.93. The Morgan fingerprint density at radius 3 is 2.79 bits per heavy atom. The Labute approximate surface area is 88.7 Å². The van der Waals surface area contributed by atoms with Crippen molar-refractivity contribution < 1.29 is 9.53 Å². The number of carbonyl (C=O) groups excluding carboxylic acids is 1. The highest BCUT2D eigenvalue weighted by atomic mass is 32.2. The molecular formula is C11H14O2S. The molecule has 0 spiro atoms. The van der Waals surface area contributed by atoms with E-state index in [1.807, 2.05) is 37.4 Å². The lowest BCUT2D eigenvalue weighted by Crippen LogP contribution is -2.05. The summed E-state index contributed by atoms with van der Waals surface area (Å²) in [7, 11) is 0. The van der Waals surface area contributed by atoms with Crippen LogP contribution in [-0.2, 0) is 0 Å². The first kappa shape index (κ1) is 11.1. The molecule has 0 aliphatic rings. The molecule has 0 bridgehead atoms. The standard InChI is InChI=1S/C11H14O2S/c1-3-13-11-7-5-4-6-9(11)10(12)8-14-2/h4-7H,3,8H2,1-2H3. The number of hydrogen-bond donors (Lipinski definition) is 0. The van der Waals surface area contributed by atoms with Gasteiger partial charge in [0.1, 0.15) is 5.75 Å². The Bertz CT molecular complexity index is 310. The molecule has 0 amide bonds. The maximum absolute atomic E-state index is 11.6. The van der Waals surface area contributed by atoms with Gasteiger partial charge in [0.25, 0.3) is 0 Å². The molecule has 2 nitrogen and oxygen atoms in total. The molecule has 0 unspecified atom stereocenters. The van der Waals surface area contributed by atoms with Crippen molar-refractivity contribution in [3.8, 4) is 5.75 Å². The van der Waals surface area contributed by atoms with E-state index in [0.29, 0.717) is 23.7 Å². The molecular weight excluding hydrogens is 196 g/mol. The predicted octanol–water partition coefficient (Wildman–Crippen LogP) is 2.63. The molecule has 0 aliphatic heterocycles. The first-order valence-electron chi connectivity index (χ1n) is 4.53. The van der Waals surface area contributed by atoms with Crippen molar-refractivity contribution in [1.82, 2.24) is 0 Å². The van der Waals surface area contributed by atoms with Crippen molar-refractivity contribution in [2.75, 3.05) is 18.6 Å². The zero-order valence-electron chi connectivity index (χ0n) is 8.45. The van der Waals surface area contributed by atoms with Gasteiger partial charge >= 0.3 is 0 Å². The van der Waals surface area contributed by atoms with Gasteiger partial charge in [-0.05, 0) is 25.3 Å². The summed E-state index contributed by atoms with van der Waals surface area (Å²) in [5.74, 6) is 1.32. The lowest BCUT2D eigenvalue weighted by atomic mass is 10.1. The van der Waals surface area contributed by atoms with Crippen LogP contribution in [0.4, 0.5) is 0 Å². The van der Waals surface area contributed by atoms with E-state index in [-0.39, 0.29) is 5.78 Å². The van der Waals surface area contributed by atoms with Crippen LogP contribution in [0.15, 0.2) is 24.3 Å². The van der Waals surface area contributed by atoms with Gasteiger partial charge in [-0.15, -0.1) is 0 Å².